The number of aromatic nitrogens is 2. The van der Waals surface area contributed by atoms with Gasteiger partial charge in [0.1, 0.15) is 0 Å². The third-order valence-electron chi connectivity index (χ3n) is 2.95. The van der Waals surface area contributed by atoms with Gasteiger partial charge in [-0.25, -0.2) is 4.98 Å². The first-order valence-corrected chi connectivity index (χ1v) is 7.12. The number of nitrogens with one attached hydrogen (secondary N) is 1. The van der Waals surface area contributed by atoms with Gasteiger partial charge in [0.05, 0.1) is 6.10 Å². The van der Waals surface area contributed by atoms with E-state index >= 15 is 0 Å². The molecule has 5 heteroatoms. The second kappa shape index (κ2) is 6.88. The lowest BCUT2D eigenvalue weighted by Gasteiger charge is -2.31. The normalized spacial score (nSPS) is 13.4. The lowest BCUT2D eigenvalue weighted by Crippen LogP contribution is -2.35. The molecule has 1 aromatic rings. The van der Waals surface area contributed by atoms with E-state index in [1.165, 1.54) is 0 Å². The first-order chi connectivity index (χ1) is 9.22. The molecule has 1 unspecified atom stereocenters. The molecular formula is C15H27N3O2. The zero-order valence-corrected chi connectivity index (χ0v) is 13.4. The highest BCUT2D eigenvalue weighted by atomic mass is 16.5. The third kappa shape index (κ3) is 5.33. The molecular weight excluding hydrogens is 254 g/mol. The zero-order chi connectivity index (χ0) is 15.3. The summed E-state index contributed by atoms with van der Waals surface area (Å²) in [6.45, 7) is 12.4. The van der Waals surface area contributed by atoms with Crippen molar-refractivity contribution in [2.24, 2.45) is 5.41 Å². The molecule has 2 N–H and O–H groups in total. The van der Waals surface area contributed by atoms with E-state index in [4.69, 9.17) is 4.74 Å². The summed E-state index contributed by atoms with van der Waals surface area (Å²) in [4.78, 5) is 8.78. The maximum absolute atomic E-state index is 9.20. The SMILES string of the molecule is Cc1cc(OC(C)C)nc(NC(CCO)C(C)(C)C)n1. The lowest BCUT2D eigenvalue weighted by molar-refractivity contribution is 0.229. The monoisotopic (exact) mass is 281 g/mol. The van der Waals surface area contributed by atoms with E-state index in [0.717, 1.165) is 5.69 Å². The van der Waals surface area contributed by atoms with Crippen molar-refractivity contribution in [3.8, 4) is 5.88 Å². The quantitative estimate of drug-likeness (QED) is 0.839. The second-order valence-electron chi connectivity index (χ2n) is 6.41. The van der Waals surface area contributed by atoms with Crippen LogP contribution in [0.5, 0.6) is 5.88 Å². The summed E-state index contributed by atoms with van der Waals surface area (Å²) in [7, 11) is 0. The molecule has 114 valence electrons. The minimum atomic E-state index is 0.00883. The maximum Gasteiger partial charge on any atom is 0.226 e. The number of aliphatic hydroxyl groups excluding tert-OH is 1. The lowest BCUT2D eigenvalue weighted by atomic mass is 9.85. The Morgan fingerprint density at radius 3 is 2.45 bits per heavy atom. The minimum Gasteiger partial charge on any atom is -0.475 e. The van der Waals surface area contributed by atoms with E-state index in [0.29, 0.717) is 18.2 Å². The van der Waals surface area contributed by atoms with Crippen LogP contribution in [0.2, 0.25) is 0 Å². The number of hydrogen-bond donors (Lipinski definition) is 2. The van der Waals surface area contributed by atoms with E-state index in [2.05, 4.69) is 36.1 Å². The van der Waals surface area contributed by atoms with Crippen molar-refractivity contribution >= 4 is 5.95 Å². The van der Waals surface area contributed by atoms with E-state index < -0.39 is 0 Å². The molecule has 0 amide bonds. The Labute approximate surface area is 121 Å². The average molecular weight is 281 g/mol. The van der Waals surface area contributed by atoms with Crippen LogP contribution in [-0.2, 0) is 0 Å². The van der Waals surface area contributed by atoms with Crippen molar-refractivity contribution in [2.75, 3.05) is 11.9 Å². The molecule has 1 rings (SSSR count). The molecule has 0 aliphatic heterocycles. The second-order valence-corrected chi connectivity index (χ2v) is 6.41. The van der Waals surface area contributed by atoms with Gasteiger partial charge in [-0.05, 0) is 32.6 Å². The van der Waals surface area contributed by atoms with Gasteiger partial charge in [-0.15, -0.1) is 0 Å². The molecule has 5 nitrogen and oxygen atoms in total. The largest absolute Gasteiger partial charge is 0.475 e. The molecule has 0 radical (unpaired) electrons. The summed E-state index contributed by atoms with van der Waals surface area (Å²) in [6.07, 6.45) is 0.731. The molecule has 1 heterocycles. The fourth-order valence-corrected chi connectivity index (χ4v) is 1.91. The first kappa shape index (κ1) is 16.7. The number of rotatable bonds is 6. The highest BCUT2D eigenvalue weighted by molar-refractivity contribution is 5.32. The molecule has 1 aromatic heterocycles. The van der Waals surface area contributed by atoms with Gasteiger partial charge in [-0.1, -0.05) is 20.8 Å². The number of aliphatic hydroxyl groups is 1. The number of ether oxygens (including phenoxy) is 1. The predicted octanol–water partition coefficient (Wildman–Crippen LogP) is 2.78. The summed E-state index contributed by atoms with van der Waals surface area (Å²) in [5, 5.41) is 12.5. The molecule has 1 atom stereocenters. The smallest absolute Gasteiger partial charge is 0.226 e. The molecule has 0 saturated heterocycles. The zero-order valence-electron chi connectivity index (χ0n) is 13.4. The van der Waals surface area contributed by atoms with E-state index in [-0.39, 0.29) is 24.2 Å². The van der Waals surface area contributed by atoms with Gasteiger partial charge in [0.25, 0.3) is 0 Å². The van der Waals surface area contributed by atoms with Crippen LogP contribution in [-0.4, -0.2) is 33.8 Å². The first-order valence-electron chi connectivity index (χ1n) is 7.12. The van der Waals surface area contributed by atoms with Crippen molar-refractivity contribution in [2.45, 2.75) is 60.1 Å². The molecule has 0 aliphatic rings. The van der Waals surface area contributed by atoms with Gasteiger partial charge in [-0.3, -0.25) is 0 Å². The van der Waals surface area contributed by atoms with Crippen LogP contribution >= 0.6 is 0 Å². The summed E-state index contributed by atoms with van der Waals surface area (Å²) in [6, 6.07) is 1.92. The molecule has 20 heavy (non-hydrogen) atoms. The Morgan fingerprint density at radius 1 is 1.30 bits per heavy atom. The van der Waals surface area contributed by atoms with Crippen LogP contribution in [0.15, 0.2) is 6.07 Å². The molecule has 0 fully saturated rings. The number of nitrogens with zero attached hydrogens (tertiary/aromatic N) is 2. The standard InChI is InChI=1S/C15H27N3O2/c1-10(2)20-13-9-11(3)16-14(18-13)17-12(7-8-19)15(4,5)6/h9-10,12,19H,7-8H2,1-6H3,(H,16,17,18). The topological polar surface area (TPSA) is 67.3 Å². The summed E-state index contributed by atoms with van der Waals surface area (Å²) in [5.74, 6) is 1.13. The number of aryl methyl sites for hydroxylation is 1. The van der Waals surface area contributed by atoms with Crippen LogP contribution in [0.1, 0.15) is 46.7 Å². The summed E-state index contributed by atoms with van der Waals surface area (Å²) in [5.41, 5.74) is 0.865. The molecule has 0 aromatic carbocycles. The van der Waals surface area contributed by atoms with Crippen molar-refractivity contribution in [3.05, 3.63) is 11.8 Å². The highest BCUT2D eigenvalue weighted by Gasteiger charge is 2.25. The highest BCUT2D eigenvalue weighted by Crippen LogP contribution is 2.25. The Morgan fingerprint density at radius 2 is 1.95 bits per heavy atom. The van der Waals surface area contributed by atoms with Gasteiger partial charge in [0.15, 0.2) is 0 Å². The van der Waals surface area contributed by atoms with Crippen LogP contribution in [0.3, 0.4) is 0 Å². The summed E-state index contributed by atoms with van der Waals surface area (Å²) >= 11 is 0. The Hall–Kier alpha value is -1.36. The van der Waals surface area contributed by atoms with E-state index in [1.807, 2.05) is 26.8 Å². The van der Waals surface area contributed by atoms with Crippen LogP contribution in [0.4, 0.5) is 5.95 Å². The fraction of sp³-hybridized carbons (Fsp3) is 0.733. The van der Waals surface area contributed by atoms with Crippen molar-refractivity contribution in [1.82, 2.24) is 9.97 Å². The van der Waals surface area contributed by atoms with Gasteiger partial charge in [-0.2, -0.15) is 4.98 Å². The van der Waals surface area contributed by atoms with Crippen LogP contribution in [0, 0.1) is 12.3 Å². The molecule has 0 aliphatic carbocycles. The van der Waals surface area contributed by atoms with Crippen molar-refractivity contribution in [1.29, 1.82) is 0 Å². The van der Waals surface area contributed by atoms with E-state index in [9.17, 15) is 5.11 Å². The molecule has 0 saturated carbocycles. The maximum atomic E-state index is 9.20. The Balaban J connectivity index is 2.92. The number of anilines is 1. The fourth-order valence-electron chi connectivity index (χ4n) is 1.91. The van der Waals surface area contributed by atoms with Gasteiger partial charge in [0.2, 0.25) is 11.8 Å². The Bertz CT molecular complexity index is 428. The van der Waals surface area contributed by atoms with Gasteiger partial charge < -0.3 is 15.2 Å². The van der Waals surface area contributed by atoms with Crippen molar-refractivity contribution in [3.63, 3.8) is 0 Å². The predicted molar refractivity (Wildman–Crippen MR) is 81.1 cm³/mol. The molecule has 0 bridgehead atoms. The van der Waals surface area contributed by atoms with Crippen molar-refractivity contribution < 1.29 is 9.84 Å². The van der Waals surface area contributed by atoms with Gasteiger partial charge in [0, 0.05) is 24.4 Å². The summed E-state index contributed by atoms with van der Waals surface area (Å²) < 4.78 is 5.62. The Kier molecular flexibility index (Phi) is 5.74. The van der Waals surface area contributed by atoms with E-state index in [1.54, 1.807) is 0 Å². The van der Waals surface area contributed by atoms with Crippen LogP contribution in [0.25, 0.3) is 0 Å². The minimum absolute atomic E-state index is 0.00883. The average Bonchev–Trinajstić information content (AvgIpc) is 2.25. The van der Waals surface area contributed by atoms with Gasteiger partial charge >= 0.3 is 0 Å². The van der Waals surface area contributed by atoms with Crippen LogP contribution < -0.4 is 10.1 Å². The molecule has 0 spiro atoms. The number of hydrogen-bond acceptors (Lipinski definition) is 5. The third-order valence-corrected chi connectivity index (χ3v) is 2.95.